The highest BCUT2D eigenvalue weighted by Gasteiger charge is 2.18. The number of benzene rings is 1. The Bertz CT molecular complexity index is 636. The van der Waals surface area contributed by atoms with Gasteiger partial charge in [-0.2, -0.15) is 0 Å². The van der Waals surface area contributed by atoms with Crippen LogP contribution >= 0.6 is 22.9 Å². The number of thiophene rings is 1. The third-order valence-corrected chi connectivity index (χ3v) is 6.01. The van der Waals surface area contributed by atoms with Crippen LogP contribution in [0, 0.1) is 0 Å². The minimum absolute atomic E-state index is 0.00507. The molecule has 0 radical (unpaired) electrons. The molecule has 0 aliphatic carbocycles. The third kappa shape index (κ3) is 4.31. The van der Waals surface area contributed by atoms with E-state index in [9.17, 15) is 8.42 Å². The summed E-state index contributed by atoms with van der Waals surface area (Å²) in [6.45, 7) is 0.496. The summed E-state index contributed by atoms with van der Waals surface area (Å²) in [5.41, 5.74) is 0.748. The summed E-state index contributed by atoms with van der Waals surface area (Å²) in [7, 11) is -1.66. The van der Waals surface area contributed by atoms with Crippen molar-refractivity contribution in [2.24, 2.45) is 0 Å². The molecule has 0 spiro atoms. The van der Waals surface area contributed by atoms with E-state index in [1.165, 1.54) is 9.18 Å². The molecule has 2 rings (SSSR count). The van der Waals surface area contributed by atoms with Crippen molar-refractivity contribution in [1.29, 1.82) is 0 Å². The highest BCUT2D eigenvalue weighted by molar-refractivity contribution is 7.88. The number of sulfonamides is 1. The Balaban J connectivity index is 1.96. The van der Waals surface area contributed by atoms with Crippen LogP contribution in [-0.4, -0.2) is 26.3 Å². The average Bonchev–Trinajstić information content (AvgIpc) is 2.91. The van der Waals surface area contributed by atoms with Gasteiger partial charge in [-0.3, -0.25) is 0 Å². The summed E-state index contributed by atoms with van der Waals surface area (Å²) < 4.78 is 25.9. The molecule has 0 saturated heterocycles. The highest BCUT2D eigenvalue weighted by Crippen LogP contribution is 2.15. The molecule has 0 atom stereocenters. The first-order chi connectivity index (χ1) is 9.47. The van der Waals surface area contributed by atoms with Crippen molar-refractivity contribution in [3.05, 3.63) is 57.2 Å². The molecule has 1 aromatic heterocycles. The van der Waals surface area contributed by atoms with Crippen LogP contribution in [0.5, 0.6) is 0 Å². The lowest BCUT2D eigenvalue weighted by molar-refractivity contribution is 0.472. The summed E-state index contributed by atoms with van der Waals surface area (Å²) in [6.07, 6.45) is 0.744. The van der Waals surface area contributed by atoms with Gasteiger partial charge in [0.05, 0.1) is 5.75 Å². The Morgan fingerprint density at radius 1 is 1.20 bits per heavy atom. The monoisotopic (exact) mass is 329 g/mol. The van der Waals surface area contributed by atoms with E-state index in [4.69, 9.17) is 11.6 Å². The first kappa shape index (κ1) is 15.5. The van der Waals surface area contributed by atoms with E-state index in [-0.39, 0.29) is 5.75 Å². The van der Waals surface area contributed by atoms with E-state index in [0.29, 0.717) is 11.6 Å². The molecule has 0 fully saturated rings. The number of hydrogen-bond donors (Lipinski definition) is 0. The Hall–Kier alpha value is -0.880. The van der Waals surface area contributed by atoms with Gasteiger partial charge in [-0.1, -0.05) is 29.8 Å². The minimum atomic E-state index is -3.28. The van der Waals surface area contributed by atoms with Crippen LogP contribution in [0.15, 0.2) is 41.8 Å². The quantitative estimate of drug-likeness (QED) is 0.814. The lowest BCUT2D eigenvalue weighted by Gasteiger charge is -2.16. The zero-order valence-electron chi connectivity index (χ0n) is 11.1. The molecular formula is C14H16ClNO2S2. The van der Waals surface area contributed by atoms with Crippen LogP contribution in [0.3, 0.4) is 0 Å². The van der Waals surface area contributed by atoms with Gasteiger partial charge in [0.2, 0.25) is 10.0 Å². The molecule has 1 aromatic carbocycles. The zero-order valence-corrected chi connectivity index (χ0v) is 13.5. The van der Waals surface area contributed by atoms with Crippen molar-refractivity contribution in [2.75, 3.05) is 13.6 Å². The Kier molecular flexibility index (Phi) is 5.21. The molecule has 0 aliphatic rings. The number of nitrogens with zero attached hydrogens (tertiary/aromatic N) is 1. The zero-order chi connectivity index (χ0) is 14.6. The topological polar surface area (TPSA) is 37.4 Å². The van der Waals surface area contributed by atoms with Gasteiger partial charge >= 0.3 is 0 Å². The Morgan fingerprint density at radius 2 is 1.90 bits per heavy atom. The van der Waals surface area contributed by atoms with E-state index in [0.717, 1.165) is 12.0 Å². The molecule has 3 nitrogen and oxygen atoms in total. The van der Waals surface area contributed by atoms with Crippen LogP contribution in [0.1, 0.15) is 10.4 Å². The maximum Gasteiger partial charge on any atom is 0.218 e. The number of hydrogen-bond acceptors (Lipinski definition) is 3. The molecular weight excluding hydrogens is 314 g/mol. The molecule has 6 heteroatoms. The largest absolute Gasteiger partial charge is 0.218 e. The molecule has 0 amide bonds. The number of likely N-dealkylation sites (N-methyl/N-ethyl adjacent to an activating group) is 1. The van der Waals surface area contributed by atoms with E-state index in [2.05, 4.69) is 0 Å². The molecule has 2 aromatic rings. The van der Waals surface area contributed by atoms with Crippen LogP contribution in [0.4, 0.5) is 0 Å². The normalized spacial score (nSPS) is 11.9. The minimum Gasteiger partial charge on any atom is -0.212 e. The van der Waals surface area contributed by atoms with E-state index >= 15 is 0 Å². The van der Waals surface area contributed by atoms with Crippen molar-refractivity contribution >= 4 is 33.0 Å². The summed E-state index contributed by atoms with van der Waals surface area (Å²) in [6, 6.07) is 10.9. The van der Waals surface area contributed by atoms with Crippen molar-refractivity contribution in [2.45, 2.75) is 12.2 Å². The lowest BCUT2D eigenvalue weighted by Crippen LogP contribution is -2.30. The number of halogens is 1. The SMILES string of the molecule is CN(CCc1cccs1)S(=O)(=O)Cc1ccc(Cl)cc1. The van der Waals surface area contributed by atoms with Gasteiger partial charge in [-0.15, -0.1) is 11.3 Å². The average molecular weight is 330 g/mol. The van der Waals surface area contributed by atoms with Crippen molar-refractivity contribution in [3.8, 4) is 0 Å². The van der Waals surface area contributed by atoms with E-state index < -0.39 is 10.0 Å². The Labute approximate surface area is 128 Å². The van der Waals surface area contributed by atoms with Gasteiger partial charge < -0.3 is 0 Å². The van der Waals surface area contributed by atoms with Gasteiger partial charge in [0.1, 0.15) is 0 Å². The maximum absolute atomic E-state index is 12.2. The first-order valence-corrected chi connectivity index (χ1v) is 9.05. The molecule has 0 saturated carbocycles. The molecule has 20 heavy (non-hydrogen) atoms. The van der Waals surface area contributed by atoms with Crippen LogP contribution in [0.25, 0.3) is 0 Å². The second-order valence-electron chi connectivity index (χ2n) is 4.53. The van der Waals surface area contributed by atoms with Crippen LogP contribution in [-0.2, 0) is 22.2 Å². The standard InChI is InChI=1S/C14H16ClNO2S2/c1-16(9-8-14-3-2-10-19-14)20(17,18)11-12-4-6-13(15)7-5-12/h2-7,10H,8-9,11H2,1H3. The molecule has 108 valence electrons. The molecule has 0 bridgehead atoms. The van der Waals surface area contributed by atoms with Gasteiger partial charge in [0.25, 0.3) is 0 Å². The lowest BCUT2D eigenvalue weighted by atomic mass is 10.2. The fraction of sp³-hybridized carbons (Fsp3) is 0.286. The third-order valence-electron chi connectivity index (χ3n) is 2.99. The van der Waals surface area contributed by atoms with Gasteiger partial charge in [0, 0.05) is 23.5 Å². The maximum atomic E-state index is 12.2. The fourth-order valence-corrected chi connectivity index (χ4v) is 3.79. The van der Waals surface area contributed by atoms with Gasteiger partial charge in [0.15, 0.2) is 0 Å². The molecule has 1 heterocycles. The predicted molar refractivity (Wildman–Crippen MR) is 84.7 cm³/mol. The second-order valence-corrected chi connectivity index (χ2v) is 8.08. The van der Waals surface area contributed by atoms with E-state index in [1.54, 1.807) is 42.6 Å². The second kappa shape index (κ2) is 6.72. The molecule has 0 unspecified atom stereocenters. The number of rotatable bonds is 6. The summed E-state index contributed by atoms with van der Waals surface area (Å²) >= 11 is 7.44. The summed E-state index contributed by atoms with van der Waals surface area (Å²) in [5.74, 6) is 0.00507. The van der Waals surface area contributed by atoms with Gasteiger partial charge in [-0.05, 0) is 35.6 Å². The molecule has 0 N–H and O–H groups in total. The summed E-state index contributed by atoms with van der Waals surface area (Å²) in [4.78, 5) is 1.19. The van der Waals surface area contributed by atoms with Crippen molar-refractivity contribution < 1.29 is 8.42 Å². The van der Waals surface area contributed by atoms with Crippen molar-refractivity contribution in [3.63, 3.8) is 0 Å². The van der Waals surface area contributed by atoms with Crippen LogP contribution < -0.4 is 0 Å². The fourth-order valence-electron chi connectivity index (χ4n) is 1.76. The van der Waals surface area contributed by atoms with Gasteiger partial charge in [-0.25, -0.2) is 12.7 Å². The first-order valence-electron chi connectivity index (χ1n) is 6.18. The summed E-state index contributed by atoms with van der Waals surface area (Å²) in [5, 5.41) is 2.61. The Morgan fingerprint density at radius 3 is 2.50 bits per heavy atom. The van der Waals surface area contributed by atoms with Crippen LogP contribution in [0.2, 0.25) is 5.02 Å². The molecule has 0 aliphatic heterocycles. The smallest absolute Gasteiger partial charge is 0.212 e. The predicted octanol–water partition coefficient (Wildman–Crippen LogP) is 3.41. The van der Waals surface area contributed by atoms with E-state index in [1.807, 2.05) is 17.5 Å². The van der Waals surface area contributed by atoms with Crippen molar-refractivity contribution in [1.82, 2.24) is 4.31 Å². The highest BCUT2D eigenvalue weighted by atomic mass is 35.5.